The van der Waals surface area contributed by atoms with Gasteiger partial charge < -0.3 is 9.47 Å². The van der Waals surface area contributed by atoms with Crippen molar-refractivity contribution in [2.75, 3.05) is 26.2 Å². The second-order valence-electron chi connectivity index (χ2n) is 8.05. The van der Waals surface area contributed by atoms with Crippen LogP contribution in [0.4, 0.5) is 0 Å². The van der Waals surface area contributed by atoms with Crippen LogP contribution in [0.5, 0.6) is 0 Å². The second kappa shape index (κ2) is 7.38. The Balaban J connectivity index is 1.33. The third-order valence-corrected chi connectivity index (χ3v) is 6.32. The molecule has 2 aliphatic rings. The normalized spacial score (nSPS) is 19.7. The molecule has 2 saturated heterocycles. The molecule has 1 aromatic heterocycles. The van der Waals surface area contributed by atoms with Crippen molar-refractivity contribution < 1.29 is 4.79 Å². The molecule has 29 heavy (non-hydrogen) atoms. The van der Waals surface area contributed by atoms with Crippen molar-refractivity contribution >= 4 is 16.8 Å². The number of rotatable bonds is 3. The first-order chi connectivity index (χ1) is 14.2. The number of carbonyl (C=O) groups is 1. The smallest absolute Gasteiger partial charge is 0.253 e. The molecule has 3 aromatic rings. The summed E-state index contributed by atoms with van der Waals surface area (Å²) < 4.78 is 2.09. The van der Waals surface area contributed by atoms with Gasteiger partial charge in [0, 0.05) is 42.0 Å². The van der Waals surface area contributed by atoms with Gasteiger partial charge in [-0.3, -0.25) is 9.69 Å². The lowest BCUT2D eigenvalue weighted by molar-refractivity contribution is 0.0780. The van der Waals surface area contributed by atoms with Crippen LogP contribution in [0.25, 0.3) is 16.6 Å². The minimum absolute atomic E-state index is 0.134. The van der Waals surface area contributed by atoms with Crippen molar-refractivity contribution in [3.63, 3.8) is 0 Å². The number of likely N-dealkylation sites (tertiary alicyclic amines) is 2. The fraction of sp³-hybridized carbons (Fsp3) is 0.333. The van der Waals surface area contributed by atoms with Gasteiger partial charge in [0.15, 0.2) is 0 Å². The van der Waals surface area contributed by atoms with E-state index in [1.807, 2.05) is 59.6 Å². The Morgan fingerprint density at radius 3 is 2.55 bits per heavy atom. The molecule has 0 aliphatic carbocycles. The molecule has 2 aromatic carbocycles. The van der Waals surface area contributed by atoms with Crippen LogP contribution in [0.3, 0.4) is 0 Å². The monoisotopic (exact) mass is 384 g/mol. The lowest BCUT2D eigenvalue weighted by atomic mass is 10.1. The molecule has 5 rings (SSSR count). The largest absolute Gasteiger partial charge is 0.337 e. The topological polar surface area (TPSA) is 52.3 Å². The number of nitrogens with zero attached hydrogens (tertiary/aromatic N) is 4. The van der Waals surface area contributed by atoms with E-state index < -0.39 is 0 Å². The molecule has 0 N–H and O–H groups in total. The molecule has 146 valence electrons. The number of benzene rings is 2. The fourth-order valence-corrected chi connectivity index (χ4v) is 4.72. The summed E-state index contributed by atoms with van der Waals surface area (Å²) in [5, 5.41) is 10.1. The van der Waals surface area contributed by atoms with Gasteiger partial charge in [0.2, 0.25) is 0 Å². The van der Waals surface area contributed by atoms with Gasteiger partial charge in [-0.1, -0.05) is 0 Å². The van der Waals surface area contributed by atoms with Crippen molar-refractivity contribution in [1.82, 2.24) is 14.4 Å². The number of hydrogen-bond donors (Lipinski definition) is 0. The first kappa shape index (κ1) is 18.0. The summed E-state index contributed by atoms with van der Waals surface area (Å²) in [6.07, 6.45) is 5.67. The van der Waals surface area contributed by atoms with E-state index in [2.05, 4.69) is 15.5 Å². The number of amides is 1. The fourth-order valence-electron chi connectivity index (χ4n) is 4.72. The van der Waals surface area contributed by atoms with E-state index in [9.17, 15) is 4.79 Å². The summed E-state index contributed by atoms with van der Waals surface area (Å²) in [7, 11) is 0. The minimum Gasteiger partial charge on any atom is -0.337 e. The molecule has 0 spiro atoms. The van der Waals surface area contributed by atoms with E-state index in [4.69, 9.17) is 5.26 Å². The van der Waals surface area contributed by atoms with Crippen LogP contribution in [0.1, 0.15) is 35.2 Å². The molecule has 2 fully saturated rings. The van der Waals surface area contributed by atoms with Crippen molar-refractivity contribution in [2.24, 2.45) is 0 Å². The Morgan fingerprint density at radius 2 is 1.79 bits per heavy atom. The number of aromatic nitrogens is 1. The summed E-state index contributed by atoms with van der Waals surface area (Å²) in [5.74, 6) is 0.134. The Labute approximate surface area is 170 Å². The van der Waals surface area contributed by atoms with Crippen LogP contribution < -0.4 is 0 Å². The SMILES string of the molecule is N#Cc1ccc2c(ccn2-c2ccc(C(=O)N3CC[C@H](N4CCCC4)C3)cc2)c1. The van der Waals surface area contributed by atoms with E-state index in [1.165, 1.54) is 25.9 Å². The Bertz CT molecular complexity index is 1090. The second-order valence-corrected chi connectivity index (χ2v) is 8.05. The molecular formula is C24H24N4O. The summed E-state index contributed by atoms with van der Waals surface area (Å²) in [5.41, 5.74) is 3.47. The van der Waals surface area contributed by atoms with Crippen LogP contribution >= 0.6 is 0 Å². The predicted octanol–water partition coefficient (Wildman–Crippen LogP) is 3.81. The molecule has 0 radical (unpaired) electrons. The minimum atomic E-state index is 0.134. The number of fused-ring (bicyclic) bond motifs is 1. The lowest BCUT2D eigenvalue weighted by Gasteiger charge is -2.23. The van der Waals surface area contributed by atoms with Gasteiger partial charge in [-0.2, -0.15) is 5.26 Å². The van der Waals surface area contributed by atoms with Gasteiger partial charge >= 0.3 is 0 Å². The van der Waals surface area contributed by atoms with Crippen LogP contribution in [-0.4, -0.2) is 52.5 Å². The predicted molar refractivity (Wildman–Crippen MR) is 113 cm³/mol. The van der Waals surface area contributed by atoms with Gasteiger partial charge in [0.25, 0.3) is 5.91 Å². The van der Waals surface area contributed by atoms with E-state index in [-0.39, 0.29) is 5.91 Å². The van der Waals surface area contributed by atoms with Crippen LogP contribution in [0, 0.1) is 11.3 Å². The maximum Gasteiger partial charge on any atom is 0.253 e. The van der Waals surface area contributed by atoms with Crippen molar-refractivity contribution in [1.29, 1.82) is 5.26 Å². The van der Waals surface area contributed by atoms with Gasteiger partial charge in [-0.05, 0) is 80.9 Å². The third-order valence-electron chi connectivity index (χ3n) is 6.32. The standard InChI is InChI=1S/C24H24N4O/c25-16-18-3-8-23-20(15-18)9-14-28(23)21-6-4-19(5-7-21)24(29)27-13-10-22(17-27)26-11-1-2-12-26/h3-9,14-15,22H,1-2,10-13,17H2/t22-/m0/s1. The van der Waals surface area contributed by atoms with E-state index >= 15 is 0 Å². The maximum atomic E-state index is 13.0. The van der Waals surface area contributed by atoms with Crippen molar-refractivity contribution in [3.8, 4) is 11.8 Å². The third kappa shape index (κ3) is 3.30. The Hall–Kier alpha value is -3.10. The average Bonchev–Trinajstić information content (AvgIpc) is 3.53. The highest BCUT2D eigenvalue weighted by atomic mass is 16.2. The first-order valence-electron chi connectivity index (χ1n) is 10.4. The highest BCUT2D eigenvalue weighted by Gasteiger charge is 2.31. The molecule has 5 nitrogen and oxygen atoms in total. The highest BCUT2D eigenvalue weighted by Crippen LogP contribution is 2.24. The zero-order valence-electron chi connectivity index (χ0n) is 16.4. The van der Waals surface area contributed by atoms with Gasteiger partial charge in [-0.25, -0.2) is 0 Å². The number of hydrogen-bond acceptors (Lipinski definition) is 3. The molecule has 0 bridgehead atoms. The molecule has 0 saturated carbocycles. The molecule has 0 unspecified atom stereocenters. The summed E-state index contributed by atoms with van der Waals surface area (Å²) in [6.45, 7) is 4.07. The highest BCUT2D eigenvalue weighted by molar-refractivity contribution is 5.94. The molecule has 1 amide bonds. The van der Waals surface area contributed by atoms with E-state index in [1.54, 1.807) is 0 Å². The average molecular weight is 384 g/mol. The molecule has 3 heterocycles. The zero-order chi connectivity index (χ0) is 19.8. The zero-order valence-corrected chi connectivity index (χ0v) is 16.4. The first-order valence-corrected chi connectivity index (χ1v) is 10.4. The molecule has 2 aliphatic heterocycles. The van der Waals surface area contributed by atoms with Crippen molar-refractivity contribution in [2.45, 2.75) is 25.3 Å². The molecule has 5 heteroatoms. The molecular weight excluding hydrogens is 360 g/mol. The van der Waals surface area contributed by atoms with Gasteiger partial charge in [0.05, 0.1) is 17.1 Å². The Morgan fingerprint density at radius 1 is 1.00 bits per heavy atom. The summed E-state index contributed by atoms with van der Waals surface area (Å²) in [4.78, 5) is 17.5. The van der Waals surface area contributed by atoms with Gasteiger partial charge in [0.1, 0.15) is 0 Å². The quantitative estimate of drug-likeness (QED) is 0.690. The van der Waals surface area contributed by atoms with E-state index in [0.717, 1.165) is 41.7 Å². The Kier molecular flexibility index (Phi) is 4.57. The van der Waals surface area contributed by atoms with Crippen molar-refractivity contribution in [3.05, 3.63) is 65.9 Å². The maximum absolute atomic E-state index is 13.0. The van der Waals surface area contributed by atoms with E-state index in [0.29, 0.717) is 11.6 Å². The lowest BCUT2D eigenvalue weighted by Crippen LogP contribution is -2.37. The molecule has 1 atom stereocenters. The number of carbonyl (C=O) groups excluding carboxylic acids is 1. The van der Waals surface area contributed by atoms with Crippen LogP contribution in [0.15, 0.2) is 54.7 Å². The number of nitriles is 1. The van der Waals surface area contributed by atoms with Crippen LogP contribution in [-0.2, 0) is 0 Å². The summed E-state index contributed by atoms with van der Waals surface area (Å²) in [6, 6.07) is 18.3. The van der Waals surface area contributed by atoms with Crippen LogP contribution in [0.2, 0.25) is 0 Å². The summed E-state index contributed by atoms with van der Waals surface area (Å²) >= 11 is 0. The van der Waals surface area contributed by atoms with Gasteiger partial charge in [-0.15, -0.1) is 0 Å².